The van der Waals surface area contributed by atoms with Gasteiger partial charge in [0.05, 0.1) is 20.9 Å². The number of benzene rings is 3. The molecule has 6 rings (SSSR count). The van der Waals surface area contributed by atoms with E-state index in [0.717, 1.165) is 54.1 Å². The molecule has 48 heavy (non-hydrogen) atoms. The van der Waals surface area contributed by atoms with Crippen LogP contribution >= 0.6 is 45.9 Å². The topological polar surface area (TPSA) is 129 Å². The van der Waals surface area contributed by atoms with Crippen molar-refractivity contribution in [1.29, 1.82) is 0 Å². The van der Waals surface area contributed by atoms with E-state index in [1.807, 2.05) is 23.1 Å². The maximum absolute atomic E-state index is 13.5. The van der Waals surface area contributed by atoms with E-state index in [0.29, 0.717) is 28.3 Å². The van der Waals surface area contributed by atoms with Crippen molar-refractivity contribution in [2.24, 2.45) is 0 Å². The Morgan fingerprint density at radius 2 is 1.71 bits per heavy atom. The van der Waals surface area contributed by atoms with E-state index in [2.05, 4.69) is 52.5 Å². The van der Waals surface area contributed by atoms with Crippen molar-refractivity contribution >= 4 is 93.0 Å². The quantitative estimate of drug-likeness (QED) is 0.0890. The Labute approximate surface area is 292 Å². The normalized spacial score (nSPS) is 14.0. The first-order valence-corrected chi connectivity index (χ1v) is 18.3. The molecular weight excluding hydrogens is 730 g/mol. The third-order valence-electron chi connectivity index (χ3n) is 7.70. The molecule has 0 atom stereocenters. The highest BCUT2D eigenvalue weighted by Crippen LogP contribution is 2.33. The van der Waals surface area contributed by atoms with E-state index in [1.165, 1.54) is 37.4 Å². The molecule has 0 radical (unpaired) electrons. The average Bonchev–Trinajstić information content (AvgIpc) is 3.55. The molecule has 256 valence electrons. The van der Waals surface area contributed by atoms with E-state index in [-0.39, 0.29) is 5.91 Å². The first kappa shape index (κ1) is 36.1. The van der Waals surface area contributed by atoms with Gasteiger partial charge in [0.15, 0.2) is 5.13 Å². The lowest BCUT2D eigenvalue weighted by atomic mass is 10.0. The fourth-order valence-electron chi connectivity index (χ4n) is 5.33. The summed E-state index contributed by atoms with van der Waals surface area (Å²) in [5.41, 5.74) is 5.47. The summed E-state index contributed by atoms with van der Waals surface area (Å²) < 4.78 is 59.9. The second kappa shape index (κ2) is 14.7. The smallest absolute Gasteiger partial charge is 0.375 e. The minimum atomic E-state index is -5.84. The highest BCUT2D eigenvalue weighted by Gasteiger charge is 2.44. The fraction of sp³-hybridized carbons (Fsp3) is 0.290. The Morgan fingerprint density at radius 3 is 2.38 bits per heavy atom. The number of carbonyl (C=O) groups excluding carboxylic acids is 1. The maximum Gasteiger partial charge on any atom is 0.522 e. The van der Waals surface area contributed by atoms with Crippen molar-refractivity contribution in [1.82, 2.24) is 15.2 Å². The van der Waals surface area contributed by atoms with Crippen LogP contribution in [-0.4, -0.2) is 67.0 Å². The van der Waals surface area contributed by atoms with Gasteiger partial charge in [0, 0.05) is 52.9 Å². The van der Waals surface area contributed by atoms with Gasteiger partial charge in [-0.3, -0.25) is 9.35 Å². The number of aromatic nitrogens is 1. The summed E-state index contributed by atoms with van der Waals surface area (Å²) in [6.45, 7) is 6.54. The number of nitrogens with two attached hydrogens (primary N) is 1. The van der Waals surface area contributed by atoms with Gasteiger partial charge in [0.2, 0.25) is 0 Å². The number of hydrogen-bond donors (Lipinski definition) is 3. The molecule has 1 aliphatic rings. The molecule has 0 aliphatic carbocycles. The Hall–Kier alpha value is -3.18. The predicted molar refractivity (Wildman–Crippen MR) is 188 cm³/mol. The second-order valence-corrected chi connectivity index (χ2v) is 15.5. The molecule has 0 unspecified atom stereocenters. The van der Waals surface area contributed by atoms with Crippen molar-refractivity contribution in [2.45, 2.75) is 25.4 Å². The molecule has 9 nitrogen and oxygen atoms in total. The van der Waals surface area contributed by atoms with Crippen LogP contribution in [0.1, 0.15) is 26.4 Å². The van der Waals surface area contributed by atoms with E-state index < -0.39 is 15.6 Å². The highest BCUT2D eigenvalue weighted by molar-refractivity contribution is 7.86. The number of piperazine rings is 1. The number of halogens is 5. The summed E-state index contributed by atoms with van der Waals surface area (Å²) in [7, 11) is -5.84. The largest absolute Gasteiger partial charge is 0.522 e. The third kappa shape index (κ3) is 8.51. The number of nitrogens with one attached hydrogen (secondary N) is 1. The Kier molecular flexibility index (Phi) is 11.1. The van der Waals surface area contributed by atoms with Gasteiger partial charge in [-0.15, -0.1) is 11.3 Å². The predicted octanol–water partition coefficient (Wildman–Crippen LogP) is 7.40. The monoisotopic (exact) mass is 759 g/mol. The Morgan fingerprint density at radius 1 is 1.02 bits per heavy atom. The SMILES string of the molecule is Cc1sc2ccc(C(=O)N3CCN(c4ccc(Cl)cc4Cl)CC3)cc2c1CCNCc1ccc2sc(N)nc2c1.O=S(=O)(O)C(F)(F)F. The van der Waals surface area contributed by atoms with Gasteiger partial charge >= 0.3 is 15.6 Å². The standard InChI is InChI=1S/C30H29Cl2N5OS2.CHF3O3S/c1-18-22(8-9-34-17-19-2-6-28-25(14-19)35-30(33)40-28)23-15-20(3-7-27(23)39-18)29(38)37-12-10-36(11-13-37)26-5-4-21(31)16-24(26)32;2-1(3,4)8(5,6)7/h2-7,14-16,34H,8-13,17H2,1H3,(H2,33,35);(H,5,6,7). The minimum absolute atomic E-state index is 0.0785. The Balaban J connectivity index is 0.000000503. The summed E-state index contributed by atoms with van der Waals surface area (Å²) in [6.07, 6.45) is 0.899. The number of anilines is 2. The van der Waals surface area contributed by atoms with E-state index in [1.54, 1.807) is 17.4 Å². The van der Waals surface area contributed by atoms with Gasteiger partial charge in [-0.05, 0) is 84.9 Å². The molecule has 1 amide bonds. The zero-order valence-electron chi connectivity index (χ0n) is 25.4. The summed E-state index contributed by atoms with van der Waals surface area (Å²) in [6, 6.07) is 18.0. The number of thiazole rings is 1. The molecule has 1 aliphatic heterocycles. The number of thiophene rings is 1. The van der Waals surface area contributed by atoms with E-state index in [4.69, 9.17) is 41.9 Å². The number of rotatable bonds is 7. The van der Waals surface area contributed by atoms with Gasteiger partial charge in [0.1, 0.15) is 0 Å². The lowest BCUT2D eigenvalue weighted by molar-refractivity contribution is -0.0510. The molecule has 1 saturated heterocycles. The fourth-order valence-corrected chi connectivity index (χ4v) is 7.67. The van der Waals surface area contributed by atoms with E-state index in [9.17, 15) is 18.0 Å². The van der Waals surface area contributed by atoms with Crippen LogP contribution in [0.5, 0.6) is 0 Å². The van der Waals surface area contributed by atoms with Crippen molar-refractivity contribution in [2.75, 3.05) is 43.4 Å². The van der Waals surface area contributed by atoms with Crippen LogP contribution in [0.15, 0.2) is 54.6 Å². The maximum atomic E-state index is 13.5. The summed E-state index contributed by atoms with van der Waals surface area (Å²) in [4.78, 5) is 23.3. The molecule has 0 bridgehead atoms. The van der Waals surface area contributed by atoms with E-state index >= 15 is 0 Å². The second-order valence-electron chi connectivity index (χ2n) is 10.9. The van der Waals surface area contributed by atoms with Gasteiger partial charge in [0.25, 0.3) is 5.91 Å². The van der Waals surface area contributed by atoms with Gasteiger partial charge in [-0.2, -0.15) is 21.6 Å². The van der Waals surface area contributed by atoms with Crippen LogP contribution in [0.4, 0.5) is 24.0 Å². The molecule has 17 heteroatoms. The molecule has 4 N–H and O–H groups in total. The number of amides is 1. The minimum Gasteiger partial charge on any atom is -0.375 e. The number of fused-ring (bicyclic) bond motifs is 2. The summed E-state index contributed by atoms with van der Waals surface area (Å²) >= 11 is 15.8. The van der Waals surface area contributed by atoms with Gasteiger partial charge < -0.3 is 20.9 Å². The number of aryl methyl sites for hydroxylation is 1. The number of nitrogen functional groups attached to an aromatic ring is 1. The molecule has 3 heterocycles. The lowest BCUT2D eigenvalue weighted by Gasteiger charge is -2.36. The van der Waals surface area contributed by atoms with Crippen LogP contribution in [-0.2, 0) is 23.1 Å². The zero-order chi connectivity index (χ0) is 34.8. The Bertz CT molecular complexity index is 2060. The van der Waals surface area contributed by atoms with Gasteiger partial charge in [-0.1, -0.05) is 40.6 Å². The zero-order valence-corrected chi connectivity index (χ0v) is 29.3. The molecule has 0 saturated carbocycles. The van der Waals surface area contributed by atoms with Crippen molar-refractivity contribution in [3.63, 3.8) is 0 Å². The van der Waals surface area contributed by atoms with Crippen molar-refractivity contribution in [3.8, 4) is 0 Å². The first-order chi connectivity index (χ1) is 22.6. The van der Waals surface area contributed by atoms with Crippen LogP contribution in [0, 0.1) is 6.92 Å². The summed E-state index contributed by atoms with van der Waals surface area (Å²) in [5, 5.41) is 6.61. The van der Waals surface area contributed by atoms with Crippen molar-refractivity contribution in [3.05, 3.63) is 86.2 Å². The van der Waals surface area contributed by atoms with Crippen molar-refractivity contribution < 1.29 is 30.9 Å². The molecule has 1 fully saturated rings. The van der Waals surface area contributed by atoms with Crippen LogP contribution in [0.2, 0.25) is 10.0 Å². The lowest BCUT2D eigenvalue weighted by Crippen LogP contribution is -2.48. The average molecular weight is 761 g/mol. The molecule has 2 aromatic heterocycles. The molecule has 0 spiro atoms. The molecule has 3 aromatic carbocycles. The third-order valence-corrected chi connectivity index (χ3v) is 10.8. The first-order valence-electron chi connectivity index (χ1n) is 14.5. The highest BCUT2D eigenvalue weighted by atomic mass is 35.5. The van der Waals surface area contributed by atoms with Crippen LogP contribution < -0.4 is 16.0 Å². The van der Waals surface area contributed by atoms with Crippen LogP contribution in [0.3, 0.4) is 0 Å². The molecule has 5 aromatic rings. The van der Waals surface area contributed by atoms with Crippen LogP contribution in [0.25, 0.3) is 20.3 Å². The molecular formula is C31H30Cl2F3N5O4S3. The number of carbonyl (C=O) groups is 1. The number of nitrogens with zero attached hydrogens (tertiary/aromatic N) is 3. The van der Waals surface area contributed by atoms with Gasteiger partial charge in [-0.25, -0.2) is 4.98 Å². The summed E-state index contributed by atoms with van der Waals surface area (Å²) in [5.74, 6) is 0.0785. The number of alkyl halides is 3. The number of hydrogen-bond acceptors (Lipinski definition) is 9.